The minimum Gasteiger partial charge on any atom is -0.481 e. The molecule has 0 heterocycles. The van der Waals surface area contributed by atoms with Gasteiger partial charge in [0, 0.05) is 36.5 Å². The van der Waals surface area contributed by atoms with Crippen LogP contribution in [0.4, 0.5) is 8.78 Å². The van der Waals surface area contributed by atoms with Crippen molar-refractivity contribution in [2.75, 3.05) is 0 Å². The number of alkyl halides is 2. The maximum Gasteiger partial charge on any atom is 0.316 e. The molecular formula is C28H42F2O8. The van der Waals surface area contributed by atoms with Crippen molar-refractivity contribution in [2.24, 2.45) is 34.0 Å². The predicted octanol–water partition coefficient (Wildman–Crippen LogP) is 2.79. The Morgan fingerprint density at radius 2 is 1.68 bits per heavy atom. The first-order valence-corrected chi connectivity index (χ1v) is 13.8. The molecule has 10 heteroatoms. The third-order valence-corrected chi connectivity index (χ3v) is 11.1. The zero-order chi connectivity index (χ0) is 28.7. The Morgan fingerprint density at radius 3 is 2.24 bits per heavy atom. The molecule has 0 amide bonds. The van der Waals surface area contributed by atoms with Crippen LogP contribution in [-0.4, -0.2) is 71.9 Å². The SMILES string of the molecule is CCCC(O)(O)C1C[C@H]2[C@@H]3CC(F)C4=CC(=O)CC[C@]4(C)[C@]3(F)C(O)C[C@]2(C)C1(C(=O)O)C(O)(O)CCC. The van der Waals surface area contributed by atoms with Crippen LogP contribution in [0.3, 0.4) is 0 Å². The Kier molecular flexibility index (Phi) is 7.01. The summed E-state index contributed by atoms with van der Waals surface area (Å²) in [5.41, 5.74) is -8.34. The van der Waals surface area contributed by atoms with E-state index in [1.54, 1.807) is 13.8 Å². The minimum absolute atomic E-state index is 0.0107. The first-order valence-electron chi connectivity index (χ1n) is 13.8. The second kappa shape index (κ2) is 9.03. The molecule has 3 saturated carbocycles. The van der Waals surface area contributed by atoms with Gasteiger partial charge in [-0.2, -0.15) is 0 Å². The standard InChI is InChI=1S/C28H42F2O8/c1-5-8-25(35,36)20-13-16-17-12-19(29)18-11-15(31)7-10-23(18,3)28(17,30)21(32)14-24(16,4)27(20,22(33)34)26(37,38)9-6-2/h11,16-17,19-21,32,35-38H,5-10,12-14H2,1-4H3,(H,33,34)/t16-,17-,19?,20?,21?,23-,24-,27?,28+/m0/s1. The number of carbonyl (C=O) groups excluding carboxylic acids is 1. The number of aliphatic hydroxyl groups excluding tert-OH is 1. The molecule has 9 atom stereocenters. The summed E-state index contributed by atoms with van der Waals surface area (Å²) in [7, 11) is 0. The quantitative estimate of drug-likeness (QED) is 0.267. The summed E-state index contributed by atoms with van der Waals surface area (Å²) in [6.07, 6.45) is -4.04. The lowest BCUT2D eigenvalue weighted by atomic mass is 9.41. The van der Waals surface area contributed by atoms with Crippen LogP contribution in [0.25, 0.3) is 0 Å². The number of fused-ring (bicyclic) bond motifs is 5. The Labute approximate surface area is 221 Å². The average molecular weight is 545 g/mol. The van der Waals surface area contributed by atoms with Gasteiger partial charge in [-0.25, -0.2) is 8.78 Å². The first-order chi connectivity index (χ1) is 17.4. The highest BCUT2D eigenvalue weighted by molar-refractivity contribution is 5.92. The van der Waals surface area contributed by atoms with E-state index in [-0.39, 0.29) is 49.9 Å². The molecule has 4 unspecified atom stereocenters. The lowest BCUT2D eigenvalue weighted by Gasteiger charge is -2.65. The molecule has 6 N–H and O–H groups in total. The number of hydrogen-bond donors (Lipinski definition) is 6. The van der Waals surface area contributed by atoms with E-state index in [9.17, 15) is 40.2 Å². The fourth-order valence-electron chi connectivity index (χ4n) is 9.55. The largest absolute Gasteiger partial charge is 0.481 e. The molecule has 216 valence electrons. The summed E-state index contributed by atoms with van der Waals surface area (Å²) in [6.45, 7) is 6.20. The molecule has 0 radical (unpaired) electrons. The van der Waals surface area contributed by atoms with Crippen LogP contribution >= 0.6 is 0 Å². The van der Waals surface area contributed by atoms with Gasteiger partial charge in [0.05, 0.1) is 6.10 Å². The number of aliphatic carboxylic acids is 1. The number of rotatable bonds is 7. The summed E-state index contributed by atoms with van der Waals surface area (Å²) < 4.78 is 33.3. The van der Waals surface area contributed by atoms with Gasteiger partial charge in [0.1, 0.15) is 17.3 Å². The second-order valence-electron chi connectivity index (χ2n) is 12.8. The van der Waals surface area contributed by atoms with Gasteiger partial charge in [-0.05, 0) is 48.7 Å². The van der Waals surface area contributed by atoms with Crippen LogP contribution in [0.2, 0.25) is 0 Å². The predicted molar refractivity (Wildman–Crippen MR) is 132 cm³/mol. The maximum atomic E-state index is 17.5. The lowest BCUT2D eigenvalue weighted by molar-refractivity contribution is -0.333. The molecular weight excluding hydrogens is 502 g/mol. The molecule has 0 spiro atoms. The van der Waals surface area contributed by atoms with E-state index in [4.69, 9.17) is 0 Å². The van der Waals surface area contributed by atoms with Gasteiger partial charge < -0.3 is 30.6 Å². The summed E-state index contributed by atoms with van der Waals surface area (Å²) >= 11 is 0. The van der Waals surface area contributed by atoms with Crippen LogP contribution in [-0.2, 0) is 9.59 Å². The number of allylic oxidation sites excluding steroid dienone is 1. The third kappa shape index (κ3) is 3.42. The molecule has 0 aromatic carbocycles. The Hall–Kier alpha value is -1.46. The third-order valence-electron chi connectivity index (χ3n) is 11.1. The maximum absolute atomic E-state index is 17.5. The number of ketones is 1. The van der Waals surface area contributed by atoms with E-state index < -0.39 is 88.7 Å². The minimum atomic E-state index is -2.95. The molecule has 0 bridgehead atoms. The molecule has 0 aliphatic heterocycles. The van der Waals surface area contributed by atoms with E-state index in [1.165, 1.54) is 13.8 Å². The van der Waals surface area contributed by atoms with Gasteiger partial charge in [0.2, 0.25) is 0 Å². The van der Waals surface area contributed by atoms with Gasteiger partial charge in [0.25, 0.3) is 0 Å². The summed E-state index contributed by atoms with van der Waals surface area (Å²) in [6, 6.07) is 0. The number of hydrogen-bond acceptors (Lipinski definition) is 7. The highest BCUT2D eigenvalue weighted by atomic mass is 19.1. The molecule has 38 heavy (non-hydrogen) atoms. The first kappa shape index (κ1) is 29.5. The topological polar surface area (TPSA) is 156 Å². The van der Waals surface area contributed by atoms with Crippen molar-refractivity contribution in [1.82, 2.24) is 0 Å². The molecule has 8 nitrogen and oxygen atoms in total. The van der Waals surface area contributed by atoms with E-state index in [1.807, 2.05) is 0 Å². The van der Waals surface area contributed by atoms with Gasteiger partial charge in [-0.15, -0.1) is 0 Å². The Bertz CT molecular complexity index is 1030. The zero-order valence-corrected chi connectivity index (χ0v) is 22.6. The van der Waals surface area contributed by atoms with Gasteiger partial charge in [-0.1, -0.05) is 40.5 Å². The Balaban J connectivity index is 1.98. The van der Waals surface area contributed by atoms with Crippen molar-refractivity contribution in [2.45, 2.75) is 115 Å². The molecule has 0 aromatic heterocycles. The average Bonchev–Trinajstić information content (AvgIpc) is 3.08. The lowest BCUT2D eigenvalue weighted by Crippen LogP contribution is -2.73. The highest BCUT2D eigenvalue weighted by Gasteiger charge is 2.83. The highest BCUT2D eigenvalue weighted by Crippen LogP contribution is 2.76. The van der Waals surface area contributed by atoms with Crippen molar-refractivity contribution in [1.29, 1.82) is 0 Å². The summed E-state index contributed by atoms with van der Waals surface area (Å²) in [4.78, 5) is 25.4. The Morgan fingerprint density at radius 1 is 1.08 bits per heavy atom. The normalized spacial score (nSPS) is 45.2. The number of carboxylic acids is 1. The van der Waals surface area contributed by atoms with Crippen molar-refractivity contribution in [3.05, 3.63) is 11.6 Å². The van der Waals surface area contributed by atoms with E-state index in [0.29, 0.717) is 0 Å². The van der Waals surface area contributed by atoms with Crippen LogP contribution in [0.5, 0.6) is 0 Å². The van der Waals surface area contributed by atoms with Crippen LogP contribution < -0.4 is 0 Å². The summed E-state index contributed by atoms with van der Waals surface area (Å²) in [5.74, 6) is -11.5. The number of carbonyl (C=O) groups is 2. The van der Waals surface area contributed by atoms with E-state index in [0.717, 1.165) is 6.08 Å². The second-order valence-corrected chi connectivity index (χ2v) is 12.8. The van der Waals surface area contributed by atoms with Crippen LogP contribution in [0.15, 0.2) is 11.6 Å². The fraction of sp³-hybridized carbons (Fsp3) is 0.857. The fourth-order valence-corrected chi connectivity index (χ4v) is 9.55. The molecule has 4 aliphatic carbocycles. The van der Waals surface area contributed by atoms with Crippen LogP contribution in [0, 0.1) is 34.0 Å². The van der Waals surface area contributed by atoms with Gasteiger partial charge in [-0.3, -0.25) is 9.59 Å². The molecule has 4 aliphatic rings. The van der Waals surface area contributed by atoms with Crippen molar-refractivity contribution >= 4 is 11.8 Å². The zero-order valence-electron chi connectivity index (χ0n) is 22.6. The molecule has 0 saturated heterocycles. The number of aliphatic hydroxyl groups is 5. The number of carboxylic acid groups (broad SMARTS) is 1. The molecule has 3 fully saturated rings. The van der Waals surface area contributed by atoms with Gasteiger partial charge in [0.15, 0.2) is 17.4 Å². The van der Waals surface area contributed by atoms with Crippen molar-refractivity contribution in [3.8, 4) is 0 Å². The van der Waals surface area contributed by atoms with Crippen molar-refractivity contribution < 1.29 is 49.0 Å². The van der Waals surface area contributed by atoms with Crippen molar-refractivity contribution in [3.63, 3.8) is 0 Å². The van der Waals surface area contributed by atoms with E-state index in [2.05, 4.69) is 0 Å². The molecule has 0 aromatic rings. The smallest absolute Gasteiger partial charge is 0.316 e. The molecule has 4 rings (SSSR count). The summed E-state index contributed by atoms with van der Waals surface area (Å²) in [5, 5.41) is 67.7. The van der Waals surface area contributed by atoms with E-state index >= 15 is 8.78 Å². The van der Waals surface area contributed by atoms with Gasteiger partial charge >= 0.3 is 5.97 Å². The monoisotopic (exact) mass is 544 g/mol. The number of halogens is 2. The van der Waals surface area contributed by atoms with Crippen LogP contribution in [0.1, 0.15) is 85.5 Å².